The van der Waals surface area contributed by atoms with Gasteiger partial charge < -0.3 is 4.74 Å². The number of hydrogen-bond acceptors (Lipinski definition) is 5. The number of nitrogens with zero attached hydrogens (tertiary/aromatic N) is 2. The summed E-state index contributed by atoms with van der Waals surface area (Å²) in [4.78, 5) is 38.8. The molecule has 0 radical (unpaired) electrons. The summed E-state index contributed by atoms with van der Waals surface area (Å²) in [6, 6.07) is 20.5. The van der Waals surface area contributed by atoms with Crippen molar-refractivity contribution in [1.29, 1.82) is 5.26 Å². The molecular formula is C26H18BrN3O4. The van der Waals surface area contributed by atoms with Crippen LogP contribution < -0.4 is 15.0 Å². The van der Waals surface area contributed by atoms with Crippen LogP contribution in [-0.4, -0.2) is 17.8 Å². The number of hydrogen-bond donors (Lipinski definition) is 1. The SMILES string of the molecule is Cc1cccc(N2C(=O)NC(=O)/C(=C\c3ccc(OCc4ccccc4C#N)c(Br)c3)C2=O)c1. The van der Waals surface area contributed by atoms with Crippen molar-refractivity contribution in [2.45, 2.75) is 13.5 Å². The molecule has 0 aliphatic carbocycles. The van der Waals surface area contributed by atoms with E-state index >= 15 is 0 Å². The maximum atomic E-state index is 13.0. The maximum absolute atomic E-state index is 13.0. The highest BCUT2D eigenvalue weighted by Gasteiger charge is 2.36. The van der Waals surface area contributed by atoms with E-state index in [4.69, 9.17) is 4.74 Å². The number of carbonyl (C=O) groups excluding carboxylic acids is 3. The Labute approximate surface area is 204 Å². The van der Waals surface area contributed by atoms with Crippen LogP contribution in [0.4, 0.5) is 10.5 Å². The first-order valence-corrected chi connectivity index (χ1v) is 11.0. The fourth-order valence-electron chi connectivity index (χ4n) is 3.46. The van der Waals surface area contributed by atoms with Crippen molar-refractivity contribution in [3.05, 3.63) is 99.0 Å². The lowest BCUT2D eigenvalue weighted by Gasteiger charge is -2.26. The summed E-state index contributed by atoms with van der Waals surface area (Å²) in [5.41, 5.74) is 2.95. The lowest BCUT2D eigenvalue weighted by Crippen LogP contribution is -2.54. The number of ether oxygens (including phenoxy) is 1. The molecule has 0 atom stereocenters. The van der Waals surface area contributed by atoms with Crippen LogP contribution in [0.5, 0.6) is 5.75 Å². The molecule has 1 fully saturated rings. The van der Waals surface area contributed by atoms with Gasteiger partial charge in [0.2, 0.25) is 0 Å². The lowest BCUT2D eigenvalue weighted by molar-refractivity contribution is -0.122. The zero-order valence-electron chi connectivity index (χ0n) is 18.0. The number of barbiturate groups is 1. The maximum Gasteiger partial charge on any atom is 0.335 e. The van der Waals surface area contributed by atoms with E-state index in [1.54, 1.807) is 48.5 Å². The van der Waals surface area contributed by atoms with Crippen molar-refractivity contribution < 1.29 is 19.1 Å². The molecule has 34 heavy (non-hydrogen) atoms. The van der Waals surface area contributed by atoms with Crippen molar-refractivity contribution in [3.8, 4) is 11.8 Å². The Kier molecular flexibility index (Phi) is 6.57. The van der Waals surface area contributed by atoms with Gasteiger partial charge in [-0.1, -0.05) is 36.4 Å². The standard InChI is InChI=1S/C26H18BrN3O4/c1-16-5-4-8-20(11-16)30-25(32)21(24(31)29-26(30)33)12-17-9-10-23(22(27)13-17)34-15-19-7-3-2-6-18(19)14-28/h2-13H,15H2,1H3,(H,29,31,33)/b21-12+. The van der Waals surface area contributed by atoms with E-state index in [1.165, 1.54) is 6.08 Å². The number of benzene rings is 3. The van der Waals surface area contributed by atoms with E-state index in [-0.39, 0.29) is 12.2 Å². The van der Waals surface area contributed by atoms with Crippen LogP contribution in [0.15, 0.2) is 76.8 Å². The first-order valence-electron chi connectivity index (χ1n) is 10.3. The molecular weight excluding hydrogens is 498 g/mol. The smallest absolute Gasteiger partial charge is 0.335 e. The van der Waals surface area contributed by atoms with E-state index in [0.29, 0.717) is 27.0 Å². The van der Waals surface area contributed by atoms with Crippen molar-refractivity contribution >= 4 is 45.5 Å². The van der Waals surface area contributed by atoms with Gasteiger partial charge in [-0.25, -0.2) is 9.69 Å². The van der Waals surface area contributed by atoms with Gasteiger partial charge in [-0.2, -0.15) is 5.26 Å². The van der Waals surface area contributed by atoms with Gasteiger partial charge in [0.05, 0.1) is 21.8 Å². The quantitative estimate of drug-likeness (QED) is 0.385. The fraction of sp³-hybridized carbons (Fsp3) is 0.0769. The molecule has 3 aromatic rings. The van der Waals surface area contributed by atoms with Crippen molar-refractivity contribution in [2.24, 2.45) is 0 Å². The van der Waals surface area contributed by atoms with Gasteiger partial charge in [-0.05, 0) is 70.4 Å². The summed E-state index contributed by atoms with van der Waals surface area (Å²) in [5.74, 6) is -0.932. The molecule has 1 aliphatic heterocycles. The summed E-state index contributed by atoms with van der Waals surface area (Å²) >= 11 is 3.45. The summed E-state index contributed by atoms with van der Waals surface area (Å²) in [6.07, 6.45) is 1.42. The van der Waals surface area contributed by atoms with Crippen LogP contribution in [0, 0.1) is 18.3 Å². The van der Waals surface area contributed by atoms with E-state index in [9.17, 15) is 19.6 Å². The Bertz CT molecular complexity index is 1390. The van der Waals surface area contributed by atoms with E-state index in [2.05, 4.69) is 27.3 Å². The normalized spacial score (nSPS) is 14.7. The number of urea groups is 1. The average Bonchev–Trinajstić information content (AvgIpc) is 2.81. The molecule has 1 saturated heterocycles. The third-order valence-corrected chi connectivity index (χ3v) is 5.77. The van der Waals surface area contributed by atoms with Gasteiger partial charge in [0.25, 0.3) is 11.8 Å². The highest BCUT2D eigenvalue weighted by Crippen LogP contribution is 2.29. The first-order chi connectivity index (χ1) is 16.4. The number of nitrogens with one attached hydrogen (secondary N) is 1. The zero-order chi connectivity index (χ0) is 24.2. The molecule has 4 amide bonds. The molecule has 1 aliphatic rings. The predicted molar refractivity (Wildman–Crippen MR) is 130 cm³/mol. The number of halogens is 1. The Hall–Kier alpha value is -4.22. The molecule has 0 unspecified atom stereocenters. The van der Waals surface area contributed by atoms with Gasteiger partial charge >= 0.3 is 6.03 Å². The summed E-state index contributed by atoms with van der Waals surface area (Å²) in [6.45, 7) is 2.05. The molecule has 1 heterocycles. The highest BCUT2D eigenvalue weighted by molar-refractivity contribution is 9.10. The molecule has 0 bridgehead atoms. The van der Waals surface area contributed by atoms with Crippen LogP contribution in [0.3, 0.4) is 0 Å². The average molecular weight is 516 g/mol. The number of imide groups is 2. The minimum absolute atomic E-state index is 0.162. The number of anilines is 1. The van der Waals surface area contributed by atoms with E-state index < -0.39 is 17.8 Å². The molecule has 168 valence electrons. The minimum atomic E-state index is -0.791. The van der Waals surface area contributed by atoms with Crippen LogP contribution >= 0.6 is 15.9 Å². The Morgan fingerprint density at radius 3 is 2.59 bits per heavy atom. The second kappa shape index (κ2) is 9.73. The van der Waals surface area contributed by atoms with Crippen molar-refractivity contribution in [3.63, 3.8) is 0 Å². The van der Waals surface area contributed by atoms with Crippen LogP contribution in [0.25, 0.3) is 6.08 Å². The number of rotatable bonds is 5. The largest absolute Gasteiger partial charge is 0.488 e. The summed E-state index contributed by atoms with van der Waals surface area (Å²) in [7, 11) is 0. The number of amides is 4. The van der Waals surface area contributed by atoms with Gasteiger partial charge in [-0.15, -0.1) is 0 Å². The minimum Gasteiger partial charge on any atom is -0.488 e. The molecule has 0 spiro atoms. The highest BCUT2D eigenvalue weighted by atomic mass is 79.9. The second-order valence-electron chi connectivity index (χ2n) is 7.54. The third kappa shape index (κ3) is 4.75. The third-order valence-electron chi connectivity index (χ3n) is 5.15. The van der Waals surface area contributed by atoms with E-state index in [0.717, 1.165) is 16.0 Å². The Balaban J connectivity index is 1.57. The monoisotopic (exact) mass is 515 g/mol. The van der Waals surface area contributed by atoms with Crippen LogP contribution in [-0.2, 0) is 16.2 Å². The van der Waals surface area contributed by atoms with Gasteiger partial charge in [0.1, 0.15) is 17.9 Å². The van der Waals surface area contributed by atoms with Crippen LogP contribution in [0.2, 0.25) is 0 Å². The molecule has 8 heteroatoms. The summed E-state index contributed by atoms with van der Waals surface area (Å²) in [5, 5.41) is 11.4. The predicted octanol–water partition coefficient (Wildman–Crippen LogP) is 4.87. The Morgan fingerprint density at radius 2 is 1.85 bits per heavy atom. The molecule has 0 saturated carbocycles. The fourth-order valence-corrected chi connectivity index (χ4v) is 3.97. The van der Waals surface area contributed by atoms with Gasteiger partial charge in [0, 0.05) is 5.56 Å². The number of aryl methyl sites for hydroxylation is 1. The van der Waals surface area contributed by atoms with Crippen molar-refractivity contribution in [1.82, 2.24) is 5.32 Å². The molecule has 4 rings (SSSR count). The lowest BCUT2D eigenvalue weighted by atomic mass is 10.1. The first kappa shape index (κ1) is 23.0. The van der Waals surface area contributed by atoms with Crippen LogP contribution in [0.1, 0.15) is 22.3 Å². The topological polar surface area (TPSA) is 99.5 Å². The molecule has 0 aromatic heterocycles. The molecule has 3 aromatic carbocycles. The van der Waals surface area contributed by atoms with Crippen molar-refractivity contribution in [2.75, 3.05) is 4.90 Å². The second-order valence-corrected chi connectivity index (χ2v) is 8.40. The number of nitriles is 1. The van der Waals surface area contributed by atoms with Gasteiger partial charge in [0.15, 0.2) is 0 Å². The zero-order valence-corrected chi connectivity index (χ0v) is 19.6. The molecule has 7 nitrogen and oxygen atoms in total. The van der Waals surface area contributed by atoms with E-state index in [1.807, 2.05) is 25.1 Å². The Morgan fingerprint density at radius 1 is 1.06 bits per heavy atom. The molecule has 1 N–H and O–H groups in total. The number of carbonyl (C=O) groups is 3. The van der Waals surface area contributed by atoms with Gasteiger partial charge in [-0.3, -0.25) is 14.9 Å². The summed E-state index contributed by atoms with van der Waals surface area (Å²) < 4.78 is 6.44.